The predicted octanol–water partition coefficient (Wildman–Crippen LogP) is 15.2. The molecule has 4 atom stereocenters. The molecule has 0 bridgehead atoms. The van der Waals surface area contributed by atoms with E-state index in [1.165, 1.54) is 114 Å². The smallest absolute Gasteiger partial charge is 0.306 e. The molecule has 52 heavy (non-hydrogen) atoms. The molecule has 0 aliphatic carbocycles. The van der Waals surface area contributed by atoms with Crippen LogP contribution in [-0.2, 0) is 19.1 Å². The second-order valence-corrected chi connectivity index (χ2v) is 18.1. The first-order valence-electron chi connectivity index (χ1n) is 22.4. The molecule has 0 aliphatic rings. The number of hydrogen-bond donors (Lipinski definition) is 0. The SMILES string of the molecule is C/C(=C\COC(=O)CCCCCCC(=O)OC/C=C(\C)CCC[C@H](C)CCC[C@H](C)CCCC(C)C)CCC[C@H](C)CCC[C@H](C)CCCC(C)C. The van der Waals surface area contributed by atoms with Gasteiger partial charge in [-0.25, -0.2) is 0 Å². The average Bonchev–Trinajstić information content (AvgIpc) is 3.06. The van der Waals surface area contributed by atoms with E-state index in [9.17, 15) is 9.59 Å². The number of ether oxygens (including phenoxy) is 2. The van der Waals surface area contributed by atoms with Gasteiger partial charge in [0.25, 0.3) is 0 Å². The van der Waals surface area contributed by atoms with Gasteiger partial charge in [0.05, 0.1) is 0 Å². The molecular formula is C48H90O4. The highest BCUT2D eigenvalue weighted by Gasteiger charge is 2.09. The van der Waals surface area contributed by atoms with Gasteiger partial charge < -0.3 is 9.47 Å². The maximum absolute atomic E-state index is 12.2. The van der Waals surface area contributed by atoms with Gasteiger partial charge in [0.2, 0.25) is 0 Å². The number of carbonyl (C=O) groups excluding carboxylic acids is 2. The zero-order valence-electron chi connectivity index (χ0n) is 36.6. The van der Waals surface area contributed by atoms with Crippen molar-refractivity contribution < 1.29 is 19.1 Å². The molecule has 0 unspecified atom stereocenters. The summed E-state index contributed by atoms with van der Waals surface area (Å²) in [7, 11) is 0. The van der Waals surface area contributed by atoms with E-state index in [1.54, 1.807) is 0 Å². The largest absolute Gasteiger partial charge is 0.461 e. The van der Waals surface area contributed by atoms with Crippen LogP contribution in [0.25, 0.3) is 0 Å². The van der Waals surface area contributed by atoms with E-state index in [4.69, 9.17) is 9.47 Å². The van der Waals surface area contributed by atoms with E-state index >= 15 is 0 Å². The Morgan fingerprint density at radius 2 is 0.673 bits per heavy atom. The first kappa shape index (κ1) is 50.4. The van der Waals surface area contributed by atoms with E-state index in [0.29, 0.717) is 26.1 Å². The summed E-state index contributed by atoms with van der Waals surface area (Å²) in [5.41, 5.74) is 2.64. The van der Waals surface area contributed by atoms with Crippen molar-refractivity contribution >= 4 is 11.9 Å². The van der Waals surface area contributed by atoms with Crippen LogP contribution in [0.15, 0.2) is 23.3 Å². The lowest BCUT2D eigenvalue weighted by Crippen LogP contribution is -2.05. The van der Waals surface area contributed by atoms with E-state index < -0.39 is 0 Å². The van der Waals surface area contributed by atoms with E-state index in [0.717, 1.165) is 74.0 Å². The molecule has 0 aliphatic heterocycles. The number of esters is 2. The lowest BCUT2D eigenvalue weighted by Gasteiger charge is -2.15. The molecule has 0 saturated carbocycles. The number of allylic oxidation sites excluding steroid dienone is 2. The van der Waals surface area contributed by atoms with E-state index in [1.807, 2.05) is 0 Å². The Morgan fingerprint density at radius 3 is 0.981 bits per heavy atom. The number of rotatable bonds is 35. The van der Waals surface area contributed by atoms with Crippen LogP contribution in [-0.4, -0.2) is 25.2 Å². The third-order valence-corrected chi connectivity index (χ3v) is 11.1. The predicted molar refractivity (Wildman–Crippen MR) is 227 cm³/mol. The highest BCUT2D eigenvalue weighted by Crippen LogP contribution is 2.23. The molecule has 0 aromatic rings. The fourth-order valence-electron chi connectivity index (χ4n) is 7.21. The minimum atomic E-state index is -0.121. The molecule has 4 nitrogen and oxygen atoms in total. The monoisotopic (exact) mass is 731 g/mol. The zero-order chi connectivity index (χ0) is 39.0. The van der Waals surface area contributed by atoms with Crippen LogP contribution in [0.4, 0.5) is 0 Å². The van der Waals surface area contributed by atoms with Crippen molar-refractivity contribution in [3.05, 3.63) is 23.3 Å². The maximum atomic E-state index is 12.2. The molecule has 0 N–H and O–H groups in total. The zero-order valence-corrected chi connectivity index (χ0v) is 36.6. The second-order valence-electron chi connectivity index (χ2n) is 18.1. The Labute approximate surface area is 325 Å². The van der Waals surface area contributed by atoms with Crippen molar-refractivity contribution in [2.45, 2.75) is 223 Å². The summed E-state index contributed by atoms with van der Waals surface area (Å²) in [6.45, 7) is 24.0. The molecule has 0 aromatic heterocycles. The van der Waals surface area contributed by atoms with Crippen molar-refractivity contribution in [2.24, 2.45) is 35.5 Å². The quantitative estimate of drug-likeness (QED) is 0.0370. The highest BCUT2D eigenvalue weighted by molar-refractivity contribution is 5.69. The second kappa shape index (κ2) is 33.9. The van der Waals surface area contributed by atoms with Gasteiger partial charge in [0.1, 0.15) is 13.2 Å². The molecule has 0 heterocycles. The molecular weight excluding hydrogens is 641 g/mol. The molecule has 4 heteroatoms. The maximum Gasteiger partial charge on any atom is 0.306 e. The molecule has 0 radical (unpaired) electrons. The molecule has 306 valence electrons. The Morgan fingerprint density at radius 1 is 0.385 bits per heavy atom. The average molecular weight is 731 g/mol. The normalized spacial score (nSPS) is 14.8. The minimum Gasteiger partial charge on any atom is -0.461 e. The van der Waals surface area contributed by atoms with Crippen molar-refractivity contribution in [3.63, 3.8) is 0 Å². The van der Waals surface area contributed by atoms with Gasteiger partial charge in [0.15, 0.2) is 0 Å². The topological polar surface area (TPSA) is 52.6 Å². The van der Waals surface area contributed by atoms with Crippen LogP contribution in [0, 0.1) is 35.5 Å². The van der Waals surface area contributed by atoms with Crippen LogP contribution in [0.1, 0.15) is 223 Å². The lowest BCUT2D eigenvalue weighted by molar-refractivity contribution is -0.143. The Balaban J connectivity index is 3.77. The molecule has 0 saturated heterocycles. The molecule has 0 amide bonds. The van der Waals surface area contributed by atoms with Gasteiger partial charge in [-0.15, -0.1) is 0 Å². The van der Waals surface area contributed by atoms with Crippen LogP contribution in [0.3, 0.4) is 0 Å². The summed E-state index contributed by atoms with van der Waals surface area (Å²) in [6, 6.07) is 0. The molecule has 0 fully saturated rings. The summed E-state index contributed by atoms with van der Waals surface area (Å²) in [5.74, 6) is 4.73. The first-order chi connectivity index (χ1) is 24.8. The van der Waals surface area contributed by atoms with Crippen LogP contribution in [0.5, 0.6) is 0 Å². The van der Waals surface area contributed by atoms with Crippen LogP contribution in [0.2, 0.25) is 0 Å². The standard InChI is InChI=1S/C48H90O4/c1-39(2)21-15-23-41(5)25-17-27-43(7)29-19-31-45(9)35-37-51-47(49)33-13-11-12-14-34-48(50)52-38-36-46(10)32-20-30-44(8)28-18-26-42(6)24-16-22-40(3)4/h35-36,39-44H,11-34,37-38H2,1-10H3/b45-35+,46-36+/t41-,42-,43-,44-/m1/s1. The van der Waals surface area contributed by atoms with Crippen molar-refractivity contribution in [2.75, 3.05) is 13.2 Å². The minimum absolute atomic E-state index is 0.121. The van der Waals surface area contributed by atoms with Crippen molar-refractivity contribution in [1.29, 1.82) is 0 Å². The fourth-order valence-corrected chi connectivity index (χ4v) is 7.21. The van der Waals surface area contributed by atoms with E-state index in [2.05, 4.69) is 81.4 Å². The Bertz CT molecular complexity index is 841. The Hall–Kier alpha value is -1.58. The lowest BCUT2D eigenvalue weighted by atomic mass is 9.91. The third kappa shape index (κ3) is 35.4. The highest BCUT2D eigenvalue weighted by atomic mass is 16.5. The molecule has 0 rings (SSSR count). The summed E-state index contributed by atoms with van der Waals surface area (Å²) < 4.78 is 10.9. The van der Waals surface area contributed by atoms with Gasteiger partial charge in [-0.2, -0.15) is 0 Å². The van der Waals surface area contributed by atoms with Gasteiger partial charge in [-0.05, 0) is 100 Å². The van der Waals surface area contributed by atoms with Gasteiger partial charge in [-0.1, -0.05) is 169 Å². The molecule has 0 aromatic carbocycles. The first-order valence-corrected chi connectivity index (χ1v) is 22.4. The summed E-state index contributed by atoms with van der Waals surface area (Å²) >= 11 is 0. The summed E-state index contributed by atoms with van der Waals surface area (Å²) in [5, 5.41) is 0. The number of unbranched alkanes of at least 4 members (excludes halogenated alkanes) is 3. The Kier molecular flexibility index (Phi) is 32.9. The van der Waals surface area contributed by atoms with Crippen molar-refractivity contribution in [3.8, 4) is 0 Å². The van der Waals surface area contributed by atoms with Gasteiger partial charge in [-0.3, -0.25) is 9.59 Å². The van der Waals surface area contributed by atoms with E-state index in [-0.39, 0.29) is 11.9 Å². The third-order valence-electron chi connectivity index (χ3n) is 11.1. The van der Waals surface area contributed by atoms with Crippen LogP contribution >= 0.6 is 0 Å². The van der Waals surface area contributed by atoms with Crippen molar-refractivity contribution in [1.82, 2.24) is 0 Å². The summed E-state index contributed by atoms with van der Waals surface area (Å²) in [6.07, 6.45) is 32.1. The molecule has 0 spiro atoms. The fraction of sp³-hybridized carbons (Fsp3) is 0.875. The van der Waals surface area contributed by atoms with Gasteiger partial charge >= 0.3 is 11.9 Å². The summed E-state index contributed by atoms with van der Waals surface area (Å²) in [4.78, 5) is 24.3. The number of carbonyl (C=O) groups is 2. The number of hydrogen-bond acceptors (Lipinski definition) is 4. The van der Waals surface area contributed by atoms with Crippen LogP contribution < -0.4 is 0 Å². The van der Waals surface area contributed by atoms with Gasteiger partial charge in [0, 0.05) is 12.8 Å².